The SMILES string of the molecule is C=CCCCO[C@@H]1O[C@H](CO[Si](C)(C)C(C)(C)C)[C@@H](OCc2ccccc2)[C@H]1OCc1ccccc1. The highest BCUT2D eigenvalue weighted by Crippen LogP contribution is 2.38. The molecule has 1 saturated heterocycles. The Morgan fingerprint density at radius 2 is 1.42 bits per heavy atom. The van der Waals surface area contributed by atoms with Crippen LogP contribution in [0.25, 0.3) is 0 Å². The predicted molar refractivity (Wildman–Crippen MR) is 147 cm³/mol. The maximum atomic E-state index is 6.57. The van der Waals surface area contributed by atoms with E-state index < -0.39 is 14.6 Å². The Bertz CT molecular complexity index is 897. The monoisotopic (exact) mass is 512 g/mol. The fraction of sp³-hybridized carbons (Fsp3) is 0.533. The largest absolute Gasteiger partial charge is 0.414 e. The number of hydrogen-bond donors (Lipinski definition) is 0. The molecule has 0 unspecified atom stereocenters. The molecule has 5 nitrogen and oxygen atoms in total. The van der Waals surface area contributed by atoms with Crippen molar-refractivity contribution in [3.8, 4) is 0 Å². The molecule has 6 heteroatoms. The van der Waals surface area contributed by atoms with Crippen molar-refractivity contribution in [3.05, 3.63) is 84.4 Å². The molecule has 1 fully saturated rings. The smallest absolute Gasteiger partial charge is 0.192 e. The van der Waals surface area contributed by atoms with Gasteiger partial charge in [0.2, 0.25) is 0 Å². The first-order valence-corrected chi connectivity index (χ1v) is 15.9. The average molecular weight is 513 g/mol. The minimum Gasteiger partial charge on any atom is -0.414 e. The minimum absolute atomic E-state index is 0.107. The number of allylic oxidation sites excluding steroid dienone is 1. The molecule has 1 aliphatic heterocycles. The van der Waals surface area contributed by atoms with Crippen LogP contribution in [0.4, 0.5) is 0 Å². The van der Waals surface area contributed by atoms with Gasteiger partial charge in [-0.25, -0.2) is 0 Å². The Hall–Kier alpha value is -1.80. The summed E-state index contributed by atoms with van der Waals surface area (Å²) >= 11 is 0. The van der Waals surface area contributed by atoms with Gasteiger partial charge >= 0.3 is 0 Å². The van der Waals surface area contributed by atoms with Crippen LogP contribution in [0.15, 0.2) is 73.3 Å². The van der Waals surface area contributed by atoms with Crippen LogP contribution in [0.5, 0.6) is 0 Å². The Morgan fingerprint density at radius 1 is 0.861 bits per heavy atom. The maximum absolute atomic E-state index is 6.57. The van der Waals surface area contributed by atoms with E-state index >= 15 is 0 Å². The van der Waals surface area contributed by atoms with Crippen molar-refractivity contribution < 1.29 is 23.4 Å². The van der Waals surface area contributed by atoms with Crippen LogP contribution in [0.1, 0.15) is 44.7 Å². The fourth-order valence-corrected chi connectivity index (χ4v) is 4.82. The molecule has 1 aliphatic rings. The van der Waals surface area contributed by atoms with Crippen molar-refractivity contribution in [2.75, 3.05) is 13.2 Å². The van der Waals surface area contributed by atoms with E-state index in [0.29, 0.717) is 26.4 Å². The van der Waals surface area contributed by atoms with Gasteiger partial charge in [-0.2, -0.15) is 0 Å². The molecule has 0 N–H and O–H groups in total. The molecular weight excluding hydrogens is 468 g/mol. The van der Waals surface area contributed by atoms with Crippen molar-refractivity contribution >= 4 is 8.32 Å². The molecule has 4 atom stereocenters. The Balaban J connectivity index is 1.78. The van der Waals surface area contributed by atoms with Crippen molar-refractivity contribution in [2.45, 2.75) is 89.6 Å². The van der Waals surface area contributed by atoms with Crippen molar-refractivity contribution in [3.63, 3.8) is 0 Å². The number of ether oxygens (including phenoxy) is 4. The second-order valence-electron chi connectivity index (χ2n) is 10.9. The zero-order chi connectivity index (χ0) is 26.0. The number of rotatable bonds is 14. The Morgan fingerprint density at radius 3 is 1.94 bits per heavy atom. The zero-order valence-electron chi connectivity index (χ0n) is 22.7. The summed E-state index contributed by atoms with van der Waals surface area (Å²) in [5.74, 6) is 0. The summed E-state index contributed by atoms with van der Waals surface area (Å²) in [5, 5.41) is 0.107. The van der Waals surface area contributed by atoms with E-state index in [1.165, 1.54) is 0 Å². The normalized spacial score (nSPS) is 22.6. The van der Waals surface area contributed by atoms with Crippen LogP contribution in [0, 0.1) is 0 Å². The molecule has 0 bridgehead atoms. The summed E-state index contributed by atoms with van der Waals surface area (Å²) < 4.78 is 32.2. The summed E-state index contributed by atoms with van der Waals surface area (Å²) in [6.45, 7) is 17.0. The third-order valence-corrected chi connectivity index (χ3v) is 11.6. The lowest BCUT2D eigenvalue weighted by molar-refractivity contribution is -0.183. The number of unbranched alkanes of at least 4 members (excludes halogenated alkanes) is 1. The Kier molecular flexibility index (Phi) is 10.9. The van der Waals surface area contributed by atoms with Crippen LogP contribution in [0.3, 0.4) is 0 Å². The van der Waals surface area contributed by atoms with Crippen LogP contribution in [-0.2, 0) is 36.6 Å². The molecule has 3 rings (SSSR count). The third-order valence-electron chi connectivity index (χ3n) is 7.09. The van der Waals surface area contributed by atoms with Crippen LogP contribution in [0.2, 0.25) is 18.1 Å². The van der Waals surface area contributed by atoms with Gasteiger partial charge in [-0.05, 0) is 42.1 Å². The quantitative estimate of drug-likeness (QED) is 0.157. The van der Waals surface area contributed by atoms with Gasteiger partial charge in [0.1, 0.15) is 18.3 Å². The van der Waals surface area contributed by atoms with Gasteiger partial charge in [0.25, 0.3) is 0 Å². The van der Waals surface area contributed by atoms with Crippen LogP contribution >= 0.6 is 0 Å². The molecule has 198 valence electrons. The lowest BCUT2D eigenvalue weighted by Crippen LogP contribution is -2.45. The summed E-state index contributed by atoms with van der Waals surface area (Å²) in [4.78, 5) is 0. The summed E-state index contributed by atoms with van der Waals surface area (Å²) in [7, 11) is -1.97. The van der Waals surface area contributed by atoms with Crippen LogP contribution < -0.4 is 0 Å². The average Bonchev–Trinajstić information content (AvgIpc) is 3.19. The van der Waals surface area contributed by atoms with E-state index in [9.17, 15) is 0 Å². The number of benzene rings is 2. The van der Waals surface area contributed by atoms with Crippen LogP contribution in [-0.4, -0.2) is 46.1 Å². The lowest BCUT2D eigenvalue weighted by atomic mass is 10.1. The van der Waals surface area contributed by atoms with E-state index in [4.69, 9.17) is 23.4 Å². The fourth-order valence-electron chi connectivity index (χ4n) is 3.80. The first-order valence-electron chi connectivity index (χ1n) is 13.0. The first kappa shape index (κ1) is 28.8. The molecule has 36 heavy (non-hydrogen) atoms. The van der Waals surface area contributed by atoms with Gasteiger partial charge in [0, 0.05) is 0 Å². The molecule has 2 aromatic rings. The van der Waals surface area contributed by atoms with Gasteiger partial charge < -0.3 is 23.4 Å². The second-order valence-corrected chi connectivity index (χ2v) is 15.7. The molecule has 0 saturated carbocycles. The standard InChI is InChI=1S/C30H44O5Si/c1-7-8-15-20-31-29-28(33-22-25-18-13-10-14-19-25)27(32-21-24-16-11-9-12-17-24)26(35-29)23-34-36(5,6)30(2,3)4/h7,9-14,16-19,26-29H,1,8,15,20-23H2,2-6H3/t26-,27-,28-,29-/m1/s1. The second kappa shape index (κ2) is 13.7. The molecule has 2 aromatic carbocycles. The number of hydrogen-bond acceptors (Lipinski definition) is 5. The molecule has 0 amide bonds. The maximum Gasteiger partial charge on any atom is 0.192 e. The van der Waals surface area contributed by atoms with Crippen molar-refractivity contribution in [1.82, 2.24) is 0 Å². The van der Waals surface area contributed by atoms with Crippen molar-refractivity contribution in [1.29, 1.82) is 0 Å². The summed E-state index contributed by atoms with van der Waals surface area (Å²) in [6, 6.07) is 20.4. The summed E-state index contributed by atoms with van der Waals surface area (Å²) in [5.41, 5.74) is 2.21. The van der Waals surface area contributed by atoms with Gasteiger partial charge in [0.15, 0.2) is 14.6 Å². The molecule has 0 radical (unpaired) electrons. The molecule has 0 aliphatic carbocycles. The lowest BCUT2D eigenvalue weighted by Gasteiger charge is -2.37. The van der Waals surface area contributed by atoms with E-state index in [1.807, 2.05) is 42.5 Å². The molecule has 0 aromatic heterocycles. The van der Waals surface area contributed by atoms with Gasteiger partial charge in [-0.1, -0.05) is 87.5 Å². The van der Waals surface area contributed by atoms with Gasteiger partial charge in [-0.15, -0.1) is 6.58 Å². The highest BCUT2D eigenvalue weighted by atomic mass is 28.4. The van der Waals surface area contributed by atoms with E-state index in [1.54, 1.807) is 0 Å². The molecular formula is C30H44O5Si. The zero-order valence-corrected chi connectivity index (χ0v) is 23.7. The van der Waals surface area contributed by atoms with E-state index in [0.717, 1.165) is 24.0 Å². The third kappa shape index (κ3) is 8.37. The van der Waals surface area contributed by atoms with Gasteiger partial charge in [-0.3, -0.25) is 0 Å². The van der Waals surface area contributed by atoms with Gasteiger partial charge in [0.05, 0.1) is 26.4 Å². The molecule has 1 heterocycles. The Labute approximate surface area is 218 Å². The summed E-state index contributed by atoms with van der Waals surface area (Å²) in [6.07, 6.45) is 2.20. The highest BCUT2D eigenvalue weighted by Gasteiger charge is 2.48. The minimum atomic E-state index is -1.97. The molecule has 0 spiro atoms. The van der Waals surface area contributed by atoms with E-state index in [2.05, 4.69) is 64.7 Å². The topological polar surface area (TPSA) is 46.2 Å². The van der Waals surface area contributed by atoms with Crippen molar-refractivity contribution in [2.24, 2.45) is 0 Å². The predicted octanol–water partition coefficient (Wildman–Crippen LogP) is 6.89. The van der Waals surface area contributed by atoms with E-state index in [-0.39, 0.29) is 23.4 Å². The first-order chi connectivity index (χ1) is 17.2. The highest BCUT2D eigenvalue weighted by molar-refractivity contribution is 6.74.